The summed E-state index contributed by atoms with van der Waals surface area (Å²) >= 11 is 3.32. The number of rotatable bonds is 4. The predicted octanol–water partition coefficient (Wildman–Crippen LogP) is 2.26. The second-order valence-corrected chi connectivity index (χ2v) is 4.75. The lowest BCUT2D eigenvalue weighted by Crippen LogP contribution is -2.39. The molecule has 0 fully saturated rings. The topological polar surface area (TPSA) is 63.6 Å². The third-order valence-corrected chi connectivity index (χ3v) is 3.38. The molecular weight excluding hydrogens is 288 g/mol. The van der Waals surface area contributed by atoms with Gasteiger partial charge in [-0.15, -0.1) is 0 Å². The molecule has 92 valence electrons. The lowest BCUT2D eigenvalue weighted by molar-refractivity contribution is -0.165. The van der Waals surface area contributed by atoms with E-state index in [4.69, 9.17) is 0 Å². The quantitative estimate of drug-likeness (QED) is 0.684. The molecular formula is C12H13BrO4. The molecule has 1 atom stereocenters. The van der Waals surface area contributed by atoms with Crippen molar-refractivity contribution in [1.29, 1.82) is 0 Å². The molecule has 0 spiro atoms. The molecule has 0 aromatic heterocycles. The third-order valence-electron chi connectivity index (χ3n) is 2.61. The van der Waals surface area contributed by atoms with E-state index in [-0.39, 0.29) is 6.42 Å². The first-order valence-corrected chi connectivity index (χ1v) is 5.76. The van der Waals surface area contributed by atoms with Crippen molar-refractivity contribution in [3.63, 3.8) is 0 Å². The number of halogens is 1. The monoisotopic (exact) mass is 300 g/mol. The van der Waals surface area contributed by atoms with Crippen molar-refractivity contribution in [2.24, 2.45) is 5.41 Å². The summed E-state index contributed by atoms with van der Waals surface area (Å²) in [5.41, 5.74) is -0.818. The van der Waals surface area contributed by atoms with Gasteiger partial charge in [0.25, 0.3) is 0 Å². The zero-order valence-electron chi connectivity index (χ0n) is 9.57. The highest BCUT2D eigenvalue weighted by molar-refractivity contribution is 9.10. The Kier molecular flexibility index (Phi) is 4.28. The SMILES string of the molecule is COC(=O)C(C)(Cc1ccccc1Br)C(=O)O. The van der Waals surface area contributed by atoms with Crippen LogP contribution in [0.5, 0.6) is 0 Å². The van der Waals surface area contributed by atoms with Gasteiger partial charge in [-0.05, 0) is 18.6 Å². The summed E-state index contributed by atoms with van der Waals surface area (Å²) in [6, 6.07) is 7.19. The van der Waals surface area contributed by atoms with Crippen LogP contribution in [0.2, 0.25) is 0 Å². The summed E-state index contributed by atoms with van der Waals surface area (Å²) in [6.45, 7) is 1.36. The molecule has 0 aliphatic carbocycles. The number of hydrogen-bond acceptors (Lipinski definition) is 3. The first kappa shape index (κ1) is 13.7. The predicted molar refractivity (Wildman–Crippen MR) is 65.6 cm³/mol. The van der Waals surface area contributed by atoms with Gasteiger partial charge in [0.2, 0.25) is 0 Å². The van der Waals surface area contributed by atoms with E-state index in [9.17, 15) is 14.7 Å². The van der Waals surface area contributed by atoms with Crippen molar-refractivity contribution in [2.45, 2.75) is 13.3 Å². The molecule has 1 unspecified atom stereocenters. The molecule has 0 aliphatic rings. The molecule has 0 heterocycles. The molecule has 5 heteroatoms. The minimum atomic E-state index is -1.57. The molecule has 0 amide bonds. The number of benzene rings is 1. The highest BCUT2D eigenvalue weighted by Crippen LogP contribution is 2.28. The van der Waals surface area contributed by atoms with Crippen molar-refractivity contribution in [2.75, 3.05) is 7.11 Å². The summed E-state index contributed by atoms with van der Waals surface area (Å²) in [7, 11) is 1.18. The van der Waals surface area contributed by atoms with Crippen molar-refractivity contribution in [3.8, 4) is 0 Å². The van der Waals surface area contributed by atoms with Crippen LogP contribution in [-0.4, -0.2) is 24.2 Å². The van der Waals surface area contributed by atoms with Gasteiger partial charge in [0.05, 0.1) is 7.11 Å². The number of carboxylic acids is 1. The van der Waals surface area contributed by atoms with E-state index in [1.54, 1.807) is 18.2 Å². The lowest BCUT2D eigenvalue weighted by atomic mass is 9.84. The molecule has 1 aromatic rings. The fourth-order valence-electron chi connectivity index (χ4n) is 1.48. The van der Waals surface area contributed by atoms with E-state index < -0.39 is 17.4 Å². The third kappa shape index (κ3) is 2.85. The zero-order chi connectivity index (χ0) is 13.1. The Morgan fingerprint density at radius 3 is 2.47 bits per heavy atom. The molecule has 0 saturated carbocycles. The van der Waals surface area contributed by atoms with E-state index >= 15 is 0 Å². The Balaban J connectivity index is 3.08. The minimum absolute atomic E-state index is 0.0798. The van der Waals surface area contributed by atoms with Crippen molar-refractivity contribution in [3.05, 3.63) is 34.3 Å². The number of esters is 1. The van der Waals surface area contributed by atoms with Crippen LogP contribution in [0.1, 0.15) is 12.5 Å². The maximum absolute atomic E-state index is 11.6. The van der Waals surface area contributed by atoms with E-state index in [1.165, 1.54) is 14.0 Å². The highest BCUT2D eigenvalue weighted by Gasteiger charge is 2.43. The number of carboxylic acid groups (broad SMARTS) is 1. The second kappa shape index (κ2) is 5.31. The van der Waals surface area contributed by atoms with Crippen LogP contribution in [0, 0.1) is 5.41 Å². The van der Waals surface area contributed by atoms with Crippen molar-refractivity contribution in [1.82, 2.24) is 0 Å². The highest BCUT2D eigenvalue weighted by atomic mass is 79.9. The van der Waals surface area contributed by atoms with E-state index in [0.717, 1.165) is 10.0 Å². The minimum Gasteiger partial charge on any atom is -0.480 e. The van der Waals surface area contributed by atoms with Crippen LogP contribution >= 0.6 is 15.9 Å². The van der Waals surface area contributed by atoms with Crippen molar-refractivity contribution < 1.29 is 19.4 Å². The molecule has 0 bridgehead atoms. The summed E-state index contributed by atoms with van der Waals surface area (Å²) in [5.74, 6) is -1.94. The number of ether oxygens (including phenoxy) is 1. The number of hydrogen-bond donors (Lipinski definition) is 1. The first-order valence-electron chi connectivity index (χ1n) is 4.97. The largest absolute Gasteiger partial charge is 0.480 e. The Morgan fingerprint density at radius 1 is 1.41 bits per heavy atom. The fraction of sp³-hybridized carbons (Fsp3) is 0.333. The van der Waals surface area contributed by atoms with Gasteiger partial charge in [0.15, 0.2) is 5.41 Å². The molecule has 0 saturated heterocycles. The van der Waals surface area contributed by atoms with Crippen LogP contribution < -0.4 is 0 Å². The summed E-state index contributed by atoms with van der Waals surface area (Å²) in [6.07, 6.45) is 0.0798. The molecule has 4 nitrogen and oxygen atoms in total. The Labute approximate surface area is 108 Å². The molecule has 0 aliphatic heterocycles. The smallest absolute Gasteiger partial charge is 0.323 e. The van der Waals surface area contributed by atoms with Crippen LogP contribution in [-0.2, 0) is 20.7 Å². The van der Waals surface area contributed by atoms with Crippen LogP contribution in [0.25, 0.3) is 0 Å². The van der Waals surface area contributed by atoms with Gasteiger partial charge in [0, 0.05) is 10.9 Å². The number of methoxy groups -OCH3 is 1. The van der Waals surface area contributed by atoms with E-state index in [2.05, 4.69) is 20.7 Å². The number of carbonyl (C=O) groups is 2. The Morgan fingerprint density at radius 2 is 2.00 bits per heavy atom. The number of aliphatic carboxylic acids is 1. The molecule has 1 rings (SSSR count). The summed E-state index contributed by atoms with van der Waals surface area (Å²) in [4.78, 5) is 22.8. The second-order valence-electron chi connectivity index (χ2n) is 3.90. The average molecular weight is 301 g/mol. The van der Waals surface area contributed by atoms with Crippen LogP contribution in [0.15, 0.2) is 28.7 Å². The van der Waals surface area contributed by atoms with Gasteiger partial charge >= 0.3 is 11.9 Å². The molecule has 17 heavy (non-hydrogen) atoms. The zero-order valence-corrected chi connectivity index (χ0v) is 11.2. The fourth-order valence-corrected chi connectivity index (χ4v) is 1.91. The standard InChI is InChI=1S/C12H13BrO4/c1-12(10(14)15,11(16)17-2)7-8-5-3-4-6-9(8)13/h3-6H,7H2,1-2H3,(H,14,15). The Bertz CT molecular complexity index is 444. The van der Waals surface area contributed by atoms with E-state index in [1.807, 2.05) is 6.07 Å². The van der Waals surface area contributed by atoms with Gasteiger partial charge in [0.1, 0.15) is 0 Å². The van der Waals surface area contributed by atoms with Crippen molar-refractivity contribution >= 4 is 27.9 Å². The maximum atomic E-state index is 11.6. The summed E-state index contributed by atoms with van der Waals surface area (Å²) in [5, 5.41) is 9.17. The van der Waals surface area contributed by atoms with Gasteiger partial charge in [-0.2, -0.15) is 0 Å². The lowest BCUT2D eigenvalue weighted by Gasteiger charge is -2.22. The van der Waals surface area contributed by atoms with Gasteiger partial charge in [-0.1, -0.05) is 34.1 Å². The Hall–Kier alpha value is -1.36. The molecule has 1 N–H and O–H groups in total. The molecule has 1 aromatic carbocycles. The van der Waals surface area contributed by atoms with Gasteiger partial charge in [-0.3, -0.25) is 9.59 Å². The van der Waals surface area contributed by atoms with E-state index in [0.29, 0.717) is 0 Å². The average Bonchev–Trinajstić information content (AvgIpc) is 2.30. The molecule has 0 radical (unpaired) electrons. The van der Waals surface area contributed by atoms with Crippen LogP contribution in [0.3, 0.4) is 0 Å². The van der Waals surface area contributed by atoms with Gasteiger partial charge in [-0.25, -0.2) is 0 Å². The van der Waals surface area contributed by atoms with Crippen LogP contribution in [0.4, 0.5) is 0 Å². The maximum Gasteiger partial charge on any atom is 0.323 e. The summed E-state index contributed by atoms with van der Waals surface area (Å²) < 4.78 is 5.33. The first-order chi connectivity index (χ1) is 7.91. The van der Waals surface area contributed by atoms with Gasteiger partial charge < -0.3 is 9.84 Å². The normalized spacial score (nSPS) is 13.8. The number of carbonyl (C=O) groups excluding carboxylic acids is 1.